The van der Waals surface area contributed by atoms with Gasteiger partial charge in [0.2, 0.25) is 0 Å². The van der Waals surface area contributed by atoms with E-state index < -0.39 is 0 Å². The molecule has 0 aliphatic carbocycles. The van der Waals surface area contributed by atoms with Crippen LogP contribution in [0.4, 0.5) is 0 Å². The van der Waals surface area contributed by atoms with E-state index in [1.54, 1.807) is 35.2 Å². The molecule has 0 unspecified atom stereocenters. The molecule has 2 aromatic rings. The molecule has 104 valence electrons. The Balaban J connectivity index is 2.33. The maximum absolute atomic E-state index is 12.2. The summed E-state index contributed by atoms with van der Waals surface area (Å²) in [5.41, 5.74) is 1.60. The number of rotatable bonds is 4. The molecule has 0 spiro atoms. The smallest absolute Gasteiger partial charge is 0.255 e. The minimum atomic E-state index is -0.0773. The lowest BCUT2D eigenvalue weighted by Crippen LogP contribution is -2.19. The summed E-state index contributed by atoms with van der Waals surface area (Å²) in [6.45, 7) is 8.00. The minimum absolute atomic E-state index is 0.0273. The lowest BCUT2D eigenvalue weighted by molar-refractivity contribution is 0.478. The molecule has 2 rings (SSSR count). The van der Waals surface area contributed by atoms with Crippen molar-refractivity contribution in [2.45, 2.75) is 20.3 Å². The van der Waals surface area contributed by atoms with Crippen LogP contribution in [0.25, 0.3) is 5.69 Å². The summed E-state index contributed by atoms with van der Waals surface area (Å²) in [4.78, 5) is 16.2. The van der Waals surface area contributed by atoms with Gasteiger partial charge in [0.25, 0.3) is 5.56 Å². The van der Waals surface area contributed by atoms with Gasteiger partial charge < -0.3 is 0 Å². The van der Waals surface area contributed by atoms with Crippen molar-refractivity contribution in [2.75, 3.05) is 0 Å². The van der Waals surface area contributed by atoms with Crippen LogP contribution in [0.3, 0.4) is 0 Å². The van der Waals surface area contributed by atoms with Crippen LogP contribution in [-0.2, 0) is 6.42 Å². The number of nitrogens with zero attached hydrogens (tertiary/aromatic N) is 2. The van der Waals surface area contributed by atoms with E-state index in [2.05, 4.69) is 25.4 Å². The van der Waals surface area contributed by atoms with E-state index >= 15 is 0 Å². The number of hydrogen-bond acceptors (Lipinski definition) is 2. The number of pyridine rings is 2. The van der Waals surface area contributed by atoms with Crippen molar-refractivity contribution in [2.24, 2.45) is 5.41 Å². The maximum Gasteiger partial charge on any atom is 0.255 e. The van der Waals surface area contributed by atoms with Gasteiger partial charge in [-0.1, -0.05) is 31.5 Å². The molecule has 0 saturated carbocycles. The van der Waals surface area contributed by atoms with E-state index in [1.807, 2.05) is 12.1 Å². The van der Waals surface area contributed by atoms with Crippen LogP contribution >= 0.6 is 11.6 Å². The maximum atomic E-state index is 12.2. The molecule has 0 amide bonds. The standard InChI is InChI=1S/C16H17ClN2O/c1-4-16(2,3)10-12-7-8-19(15(20)9-12)13-5-6-14(17)18-11-13/h4-9,11H,1,10H2,2-3H3. The molecule has 3 nitrogen and oxygen atoms in total. The molecule has 2 heterocycles. The summed E-state index contributed by atoms with van der Waals surface area (Å²) < 4.78 is 1.55. The van der Waals surface area contributed by atoms with E-state index in [1.165, 1.54) is 0 Å². The van der Waals surface area contributed by atoms with E-state index in [-0.39, 0.29) is 11.0 Å². The van der Waals surface area contributed by atoms with Crippen LogP contribution in [-0.4, -0.2) is 9.55 Å². The molecule has 0 aromatic carbocycles. The quantitative estimate of drug-likeness (QED) is 0.636. The van der Waals surface area contributed by atoms with Gasteiger partial charge in [0.15, 0.2) is 0 Å². The van der Waals surface area contributed by atoms with Gasteiger partial charge in [0.1, 0.15) is 5.15 Å². The average Bonchev–Trinajstić information content (AvgIpc) is 2.40. The van der Waals surface area contributed by atoms with Gasteiger partial charge in [-0.15, -0.1) is 6.58 Å². The highest BCUT2D eigenvalue weighted by Gasteiger charge is 2.14. The predicted octanol–water partition coefficient (Wildman–Crippen LogP) is 3.64. The van der Waals surface area contributed by atoms with Crippen LogP contribution in [0.2, 0.25) is 5.15 Å². The largest absolute Gasteiger partial charge is 0.283 e. The lowest BCUT2D eigenvalue weighted by Gasteiger charge is -2.19. The monoisotopic (exact) mass is 288 g/mol. The van der Waals surface area contributed by atoms with Crippen LogP contribution in [0.5, 0.6) is 0 Å². The van der Waals surface area contributed by atoms with Crippen molar-refractivity contribution in [1.29, 1.82) is 0 Å². The zero-order valence-corrected chi connectivity index (χ0v) is 12.4. The highest BCUT2D eigenvalue weighted by Crippen LogP contribution is 2.22. The fourth-order valence-electron chi connectivity index (χ4n) is 1.95. The van der Waals surface area contributed by atoms with Crippen LogP contribution in [0, 0.1) is 5.41 Å². The molecule has 0 radical (unpaired) electrons. The molecule has 2 aromatic heterocycles. The fourth-order valence-corrected chi connectivity index (χ4v) is 2.06. The van der Waals surface area contributed by atoms with E-state index in [4.69, 9.17) is 11.6 Å². The predicted molar refractivity (Wildman–Crippen MR) is 82.5 cm³/mol. The first-order valence-corrected chi connectivity index (χ1v) is 6.76. The van der Waals surface area contributed by atoms with Crippen LogP contribution < -0.4 is 5.56 Å². The third kappa shape index (κ3) is 3.36. The third-order valence-electron chi connectivity index (χ3n) is 3.19. The van der Waals surface area contributed by atoms with Gasteiger partial charge in [-0.05, 0) is 35.6 Å². The van der Waals surface area contributed by atoms with Crippen molar-refractivity contribution in [3.63, 3.8) is 0 Å². The molecule has 0 saturated heterocycles. The Bertz CT molecular complexity index is 672. The molecule has 0 aliphatic heterocycles. The number of allylic oxidation sites excluding steroid dienone is 1. The minimum Gasteiger partial charge on any atom is -0.283 e. The molecule has 0 bridgehead atoms. The Morgan fingerprint density at radius 1 is 1.40 bits per heavy atom. The number of halogens is 1. The Morgan fingerprint density at radius 2 is 2.15 bits per heavy atom. The summed E-state index contributed by atoms with van der Waals surface area (Å²) in [6, 6.07) is 7.03. The van der Waals surface area contributed by atoms with E-state index in [9.17, 15) is 4.79 Å². The first-order chi connectivity index (χ1) is 9.41. The lowest BCUT2D eigenvalue weighted by atomic mass is 9.86. The topological polar surface area (TPSA) is 34.9 Å². The number of aromatic nitrogens is 2. The van der Waals surface area contributed by atoms with Crippen molar-refractivity contribution in [3.8, 4) is 5.69 Å². The van der Waals surface area contributed by atoms with Gasteiger partial charge in [-0.25, -0.2) is 4.98 Å². The first-order valence-electron chi connectivity index (χ1n) is 6.38. The highest BCUT2D eigenvalue weighted by atomic mass is 35.5. The summed E-state index contributed by atoms with van der Waals surface area (Å²) in [5, 5.41) is 0.408. The van der Waals surface area contributed by atoms with Crippen LogP contribution in [0.15, 0.2) is 54.1 Å². The molecule has 4 heteroatoms. The molecule has 0 atom stereocenters. The van der Waals surface area contributed by atoms with Gasteiger partial charge in [-0.2, -0.15) is 0 Å². The highest BCUT2D eigenvalue weighted by molar-refractivity contribution is 6.29. The number of hydrogen-bond donors (Lipinski definition) is 0. The second kappa shape index (κ2) is 5.63. The Kier molecular flexibility index (Phi) is 4.09. The molecular weight excluding hydrogens is 272 g/mol. The van der Waals surface area contributed by atoms with Crippen molar-refractivity contribution in [3.05, 3.63) is 70.4 Å². The molecule has 0 aliphatic rings. The SMILES string of the molecule is C=CC(C)(C)Cc1ccn(-c2ccc(Cl)nc2)c(=O)c1. The van der Waals surface area contributed by atoms with Crippen molar-refractivity contribution >= 4 is 11.6 Å². The average molecular weight is 289 g/mol. The second-order valence-electron chi connectivity index (χ2n) is 5.45. The molecule has 0 fully saturated rings. The fraction of sp³-hybridized carbons (Fsp3) is 0.250. The Morgan fingerprint density at radius 3 is 2.70 bits per heavy atom. The second-order valence-corrected chi connectivity index (χ2v) is 5.84. The third-order valence-corrected chi connectivity index (χ3v) is 3.41. The molecular formula is C16H17ClN2O. The summed E-state index contributed by atoms with van der Waals surface area (Å²) in [5.74, 6) is 0. The van der Waals surface area contributed by atoms with Gasteiger partial charge >= 0.3 is 0 Å². The summed E-state index contributed by atoms with van der Waals surface area (Å²) in [6.07, 6.45) is 6.03. The van der Waals surface area contributed by atoms with E-state index in [0.29, 0.717) is 10.8 Å². The summed E-state index contributed by atoms with van der Waals surface area (Å²) >= 11 is 5.74. The van der Waals surface area contributed by atoms with Gasteiger partial charge in [-0.3, -0.25) is 9.36 Å². The van der Waals surface area contributed by atoms with Gasteiger partial charge in [0, 0.05) is 12.3 Å². The van der Waals surface area contributed by atoms with Crippen LogP contribution in [0.1, 0.15) is 19.4 Å². The molecule has 20 heavy (non-hydrogen) atoms. The van der Waals surface area contributed by atoms with Gasteiger partial charge in [0.05, 0.1) is 11.9 Å². The van der Waals surface area contributed by atoms with Crippen molar-refractivity contribution < 1.29 is 0 Å². The zero-order chi connectivity index (χ0) is 14.8. The van der Waals surface area contributed by atoms with E-state index in [0.717, 1.165) is 12.0 Å². The molecule has 0 N–H and O–H groups in total. The zero-order valence-electron chi connectivity index (χ0n) is 11.6. The first kappa shape index (κ1) is 14.5. The van der Waals surface area contributed by atoms with Crippen molar-refractivity contribution in [1.82, 2.24) is 9.55 Å². The Hall–Kier alpha value is -1.87. The normalized spacial score (nSPS) is 11.3. The summed E-state index contributed by atoms with van der Waals surface area (Å²) in [7, 11) is 0. The Labute approximate surface area is 123 Å².